The molecular formula is C10H5BrN3O4S-. The number of non-ortho nitro benzene ring substituents is 1. The molecule has 0 unspecified atom stereocenters. The van der Waals surface area contributed by atoms with Gasteiger partial charge in [0, 0.05) is 16.6 Å². The van der Waals surface area contributed by atoms with Crippen molar-refractivity contribution in [1.82, 2.24) is 0 Å². The number of nitro groups is 1. The molecule has 0 radical (unpaired) electrons. The SMILES string of the molecule is NC1=NC(=O)/C(=C\c2cc([N+](=O)[O-])cc(Br)c2[O-])S1. The summed E-state index contributed by atoms with van der Waals surface area (Å²) in [5.41, 5.74) is 5.15. The van der Waals surface area contributed by atoms with Crippen LogP contribution in [0.3, 0.4) is 0 Å². The Kier molecular flexibility index (Phi) is 3.58. The zero-order chi connectivity index (χ0) is 14.2. The number of rotatable bonds is 2. The maximum atomic E-state index is 11.8. The number of benzene rings is 1. The van der Waals surface area contributed by atoms with Crippen LogP contribution in [0.15, 0.2) is 26.5 Å². The predicted molar refractivity (Wildman–Crippen MR) is 72.4 cm³/mol. The minimum absolute atomic E-state index is 0.0295. The van der Waals surface area contributed by atoms with Crippen molar-refractivity contribution in [3.8, 4) is 5.75 Å². The molecule has 1 heterocycles. The number of nitrogens with zero attached hydrogens (tertiary/aromatic N) is 2. The molecule has 1 aromatic rings. The van der Waals surface area contributed by atoms with Crippen LogP contribution < -0.4 is 10.8 Å². The Morgan fingerprint density at radius 1 is 1.47 bits per heavy atom. The van der Waals surface area contributed by atoms with Crippen LogP contribution in [0.1, 0.15) is 5.56 Å². The van der Waals surface area contributed by atoms with E-state index in [9.17, 15) is 20.0 Å². The normalized spacial score (nSPS) is 16.8. The zero-order valence-corrected chi connectivity index (χ0v) is 11.5. The fourth-order valence-corrected chi connectivity index (χ4v) is 2.52. The Morgan fingerprint density at radius 2 is 2.16 bits per heavy atom. The lowest BCUT2D eigenvalue weighted by atomic mass is 10.1. The Morgan fingerprint density at radius 3 is 2.68 bits per heavy atom. The van der Waals surface area contributed by atoms with Gasteiger partial charge in [0.25, 0.3) is 11.6 Å². The highest BCUT2D eigenvalue weighted by atomic mass is 79.9. The summed E-state index contributed by atoms with van der Waals surface area (Å²) in [7, 11) is 0. The smallest absolute Gasteiger partial charge is 0.286 e. The number of carbonyl (C=O) groups excluding carboxylic acids is 1. The average molecular weight is 343 g/mol. The fourth-order valence-electron chi connectivity index (χ4n) is 1.38. The number of halogens is 1. The average Bonchev–Trinajstić information content (AvgIpc) is 2.63. The molecule has 0 atom stereocenters. The van der Waals surface area contributed by atoms with Crippen molar-refractivity contribution in [2.45, 2.75) is 0 Å². The first-order valence-corrected chi connectivity index (χ1v) is 6.42. The van der Waals surface area contributed by atoms with E-state index in [1.54, 1.807) is 0 Å². The van der Waals surface area contributed by atoms with Crippen LogP contribution in [0.4, 0.5) is 5.69 Å². The third kappa shape index (κ3) is 2.76. The van der Waals surface area contributed by atoms with Gasteiger partial charge in [-0.3, -0.25) is 14.9 Å². The van der Waals surface area contributed by atoms with Crippen LogP contribution in [-0.4, -0.2) is 16.0 Å². The summed E-state index contributed by atoms with van der Waals surface area (Å²) in [6.07, 6.45) is 1.25. The van der Waals surface area contributed by atoms with Crippen LogP contribution >= 0.6 is 27.7 Å². The van der Waals surface area contributed by atoms with E-state index in [-0.39, 0.29) is 25.8 Å². The second kappa shape index (κ2) is 5.02. The molecule has 2 rings (SSSR count). The molecule has 0 saturated heterocycles. The molecule has 19 heavy (non-hydrogen) atoms. The number of carbonyl (C=O) groups is 1. The van der Waals surface area contributed by atoms with Gasteiger partial charge in [-0.25, -0.2) is 0 Å². The van der Waals surface area contributed by atoms with Crippen molar-refractivity contribution in [1.29, 1.82) is 0 Å². The number of nitro benzene ring substituents is 1. The van der Waals surface area contributed by atoms with Crippen LogP contribution in [0.25, 0.3) is 6.08 Å². The largest absolute Gasteiger partial charge is 0.871 e. The predicted octanol–water partition coefficient (Wildman–Crippen LogP) is 1.36. The number of nitrogens with two attached hydrogens (primary N) is 1. The van der Waals surface area contributed by atoms with Crippen molar-refractivity contribution >= 4 is 50.5 Å². The molecule has 0 fully saturated rings. The number of amides is 1. The maximum Gasteiger partial charge on any atom is 0.286 e. The van der Waals surface area contributed by atoms with Crippen molar-refractivity contribution in [2.75, 3.05) is 0 Å². The first-order valence-electron chi connectivity index (χ1n) is 4.81. The van der Waals surface area contributed by atoms with Gasteiger partial charge in [0.2, 0.25) is 0 Å². The highest BCUT2D eigenvalue weighted by Gasteiger charge is 2.20. The molecule has 0 aliphatic carbocycles. The minimum Gasteiger partial charge on any atom is -0.871 e. The zero-order valence-electron chi connectivity index (χ0n) is 9.12. The van der Waals surface area contributed by atoms with Gasteiger partial charge in [0.1, 0.15) is 0 Å². The number of aliphatic imine (C=N–C) groups is 1. The van der Waals surface area contributed by atoms with E-state index in [1.807, 2.05) is 0 Å². The molecule has 9 heteroatoms. The van der Waals surface area contributed by atoms with E-state index < -0.39 is 16.6 Å². The molecule has 98 valence electrons. The third-order valence-electron chi connectivity index (χ3n) is 2.19. The summed E-state index contributed by atoms with van der Waals surface area (Å²) in [6.45, 7) is 0. The highest BCUT2D eigenvalue weighted by molar-refractivity contribution is 9.10. The van der Waals surface area contributed by atoms with Gasteiger partial charge < -0.3 is 10.8 Å². The van der Waals surface area contributed by atoms with Crippen molar-refractivity contribution in [3.05, 3.63) is 37.2 Å². The van der Waals surface area contributed by atoms with Gasteiger partial charge in [0.05, 0.1) is 9.83 Å². The van der Waals surface area contributed by atoms with Gasteiger partial charge in [-0.15, -0.1) is 0 Å². The number of thioether (sulfide) groups is 1. The van der Waals surface area contributed by atoms with Crippen LogP contribution in [0.2, 0.25) is 0 Å². The molecule has 2 N–H and O–H groups in total. The molecule has 7 nitrogen and oxygen atoms in total. The lowest BCUT2D eigenvalue weighted by Crippen LogP contribution is -2.01. The second-order valence-corrected chi connectivity index (χ2v) is 5.39. The molecule has 1 aliphatic heterocycles. The lowest BCUT2D eigenvalue weighted by Gasteiger charge is -2.12. The second-order valence-electron chi connectivity index (χ2n) is 3.47. The Labute approximate surface area is 119 Å². The Bertz CT molecular complexity index is 656. The first-order chi connectivity index (χ1) is 8.88. The van der Waals surface area contributed by atoms with Crippen molar-refractivity contribution < 1.29 is 14.8 Å². The van der Waals surface area contributed by atoms with E-state index in [4.69, 9.17) is 5.73 Å². The van der Waals surface area contributed by atoms with E-state index in [2.05, 4.69) is 20.9 Å². The Hall–Kier alpha value is -1.87. The summed E-state index contributed by atoms with van der Waals surface area (Å²) in [5.74, 6) is -1.01. The van der Waals surface area contributed by atoms with Crippen LogP contribution in [-0.2, 0) is 4.79 Å². The summed E-state index contributed by atoms with van der Waals surface area (Å²) < 4.78 is 0.0536. The van der Waals surface area contributed by atoms with Gasteiger partial charge in [0.15, 0.2) is 5.17 Å². The van der Waals surface area contributed by atoms with E-state index in [0.29, 0.717) is 0 Å². The maximum absolute atomic E-state index is 11.8. The quantitative estimate of drug-likeness (QED) is 0.491. The molecule has 0 saturated carbocycles. The van der Waals surface area contributed by atoms with Crippen molar-refractivity contribution in [3.63, 3.8) is 0 Å². The van der Waals surface area contributed by atoms with Crippen LogP contribution in [0.5, 0.6) is 5.75 Å². The van der Waals surface area contributed by atoms with Crippen LogP contribution in [0, 0.1) is 10.1 Å². The molecule has 1 aromatic carbocycles. The third-order valence-corrected chi connectivity index (χ3v) is 3.59. The van der Waals surface area contributed by atoms with Gasteiger partial charge in [-0.1, -0.05) is 21.7 Å². The molecular weight excluding hydrogens is 338 g/mol. The molecule has 1 amide bonds. The monoisotopic (exact) mass is 342 g/mol. The standard InChI is InChI=1S/C10H6BrN3O4S/c11-6-3-5(14(17)18)1-4(8(6)15)2-7-9(16)13-10(12)19-7/h1-3,15H,(H2,12,13,16)/p-1/b7-2+. The number of hydrogen-bond acceptors (Lipinski definition) is 6. The molecule has 0 bridgehead atoms. The van der Waals surface area contributed by atoms with Crippen molar-refractivity contribution in [2.24, 2.45) is 10.7 Å². The first kappa shape index (κ1) is 13.6. The summed E-state index contributed by atoms with van der Waals surface area (Å²) in [5, 5.41) is 22.6. The number of hydrogen-bond donors (Lipinski definition) is 1. The van der Waals surface area contributed by atoms with Gasteiger partial charge in [-0.2, -0.15) is 4.99 Å². The minimum atomic E-state index is -0.624. The summed E-state index contributed by atoms with van der Waals surface area (Å²) in [4.78, 5) is 25.1. The van der Waals surface area contributed by atoms with Gasteiger partial charge >= 0.3 is 0 Å². The fraction of sp³-hybridized carbons (Fsp3) is 0. The molecule has 0 spiro atoms. The number of amidine groups is 1. The summed E-state index contributed by atoms with van der Waals surface area (Å²) >= 11 is 3.86. The van der Waals surface area contributed by atoms with E-state index in [0.717, 1.165) is 23.9 Å². The molecule has 0 aromatic heterocycles. The molecule has 1 aliphatic rings. The van der Waals surface area contributed by atoms with E-state index in [1.165, 1.54) is 6.08 Å². The Balaban J connectivity index is 2.49. The topological polar surface area (TPSA) is 122 Å². The lowest BCUT2D eigenvalue weighted by molar-refractivity contribution is -0.385. The highest BCUT2D eigenvalue weighted by Crippen LogP contribution is 2.34. The van der Waals surface area contributed by atoms with Gasteiger partial charge in [-0.05, 0) is 23.4 Å². The van der Waals surface area contributed by atoms with E-state index >= 15 is 0 Å². The summed E-state index contributed by atoms with van der Waals surface area (Å²) in [6, 6.07) is 2.21.